The lowest BCUT2D eigenvalue weighted by Crippen LogP contribution is -2.16. The van der Waals surface area contributed by atoms with E-state index in [1.165, 1.54) is 64.7 Å². The molecule has 3 heteroatoms. The number of unbranched alkanes of at least 4 members (excludes halogenated alkanes) is 7. The average molecular weight is 407 g/mol. The first-order chi connectivity index (χ1) is 14.0. The van der Waals surface area contributed by atoms with Gasteiger partial charge in [-0.3, -0.25) is 4.79 Å². The number of allylic oxidation sites excluding steroid dienone is 3. The molecule has 0 saturated heterocycles. The number of ether oxygens (including phenoxy) is 1. The van der Waals surface area contributed by atoms with E-state index in [4.69, 9.17) is 4.74 Å². The van der Waals surface area contributed by atoms with Gasteiger partial charge in [-0.2, -0.15) is 0 Å². The van der Waals surface area contributed by atoms with Gasteiger partial charge >= 0.3 is 5.97 Å². The summed E-state index contributed by atoms with van der Waals surface area (Å²) in [6.45, 7) is 6.45. The molecule has 0 spiro atoms. The lowest BCUT2D eigenvalue weighted by Gasteiger charge is -2.18. The molecule has 0 saturated carbocycles. The normalized spacial score (nSPS) is 21.0. The van der Waals surface area contributed by atoms with Crippen LogP contribution in [0.2, 0.25) is 0 Å². The zero-order chi connectivity index (χ0) is 21.3. The van der Waals surface area contributed by atoms with Gasteiger partial charge in [0.25, 0.3) is 0 Å². The molecule has 4 atom stereocenters. The fraction of sp³-hybridized carbons (Fsp3) is 0.808. The second kappa shape index (κ2) is 16.7. The van der Waals surface area contributed by atoms with Gasteiger partial charge in [0.05, 0.1) is 12.7 Å². The van der Waals surface area contributed by atoms with Gasteiger partial charge in [0.2, 0.25) is 0 Å². The predicted octanol–water partition coefficient (Wildman–Crippen LogP) is 7.00. The highest BCUT2D eigenvalue weighted by molar-refractivity contribution is 5.65. The number of carbonyl (C=O) groups excluding carboxylic acids is 1. The van der Waals surface area contributed by atoms with Gasteiger partial charge in [0.15, 0.2) is 0 Å². The maximum Gasteiger partial charge on any atom is 0.302 e. The number of aliphatic hydroxyl groups is 1. The van der Waals surface area contributed by atoms with E-state index in [1.54, 1.807) is 0 Å². The van der Waals surface area contributed by atoms with Crippen molar-refractivity contribution in [3.05, 3.63) is 24.3 Å². The second-order valence-corrected chi connectivity index (χ2v) is 8.96. The number of hydrogen-bond donors (Lipinski definition) is 1. The van der Waals surface area contributed by atoms with Gasteiger partial charge in [-0.1, -0.05) is 89.5 Å². The third-order valence-electron chi connectivity index (χ3n) is 6.27. The molecule has 0 aliphatic heterocycles. The van der Waals surface area contributed by atoms with E-state index in [9.17, 15) is 9.90 Å². The summed E-state index contributed by atoms with van der Waals surface area (Å²) in [5.41, 5.74) is 0. The molecular weight excluding hydrogens is 360 g/mol. The highest BCUT2D eigenvalue weighted by Crippen LogP contribution is 2.31. The van der Waals surface area contributed by atoms with Crippen LogP contribution in [0.1, 0.15) is 104 Å². The largest absolute Gasteiger partial charge is 0.466 e. The van der Waals surface area contributed by atoms with Crippen molar-refractivity contribution in [3.8, 4) is 0 Å². The molecule has 168 valence electrons. The van der Waals surface area contributed by atoms with Crippen molar-refractivity contribution in [1.82, 2.24) is 0 Å². The molecule has 1 N–H and O–H groups in total. The molecule has 29 heavy (non-hydrogen) atoms. The SMILES string of the molecule is CCCCCC(C)C(O)C/C=C/[C@H]1C=CC[C@@H]1CCCCCCCCOC(C)=O. The highest BCUT2D eigenvalue weighted by Gasteiger charge is 2.20. The van der Waals surface area contributed by atoms with Crippen molar-refractivity contribution >= 4 is 5.97 Å². The zero-order valence-electron chi connectivity index (χ0n) is 19.3. The van der Waals surface area contributed by atoms with Crippen molar-refractivity contribution in [2.24, 2.45) is 17.8 Å². The fourth-order valence-electron chi connectivity index (χ4n) is 4.20. The van der Waals surface area contributed by atoms with Crippen LogP contribution in [-0.2, 0) is 9.53 Å². The average Bonchev–Trinajstić information content (AvgIpc) is 3.13. The standard InChI is InChI=1S/C26H46O3/c1-4-5-10-15-22(2)26(28)20-14-19-25-18-13-17-24(25)16-11-8-6-7-9-12-21-29-23(3)27/h13-14,18-19,22,24-26,28H,4-12,15-17,20-21H2,1-3H3/b19-14+/t22?,24-,25+,26?/m0/s1. The first-order valence-electron chi connectivity index (χ1n) is 12.2. The number of esters is 1. The van der Waals surface area contributed by atoms with Gasteiger partial charge < -0.3 is 9.84 Å². The van der Waals surface area contributed by atoms with E-state index in [0.29, 0.717) is 18.4 Å². The molecule has 0 radical (unpaired) electrons. The molecule has 0 aromatic rings. The third kappa shape index (κ3) is 12.9. The number of carbonyl (C=O) groups is 1. The van der Waals surface area contributed by atoms with E-state index >= 15 is 0 Å². The van der Waals surface area contributed by atoms with Gasteiger partial charge in [-0.15, -0.1) is 0 Å². The minimum Gasteiger partial charge on any atom is -0.466 e. The lowest BCUT2D eigenvalue weighted by atomic mass is 9.89. The molecule has 1 rings (SSSR count). The van der Waals surface area contributed by atoms with Crippen molar-refractivity contribution < 1.29 is 14.6 Å². The first-order valence-corrected chi connectivity index (χ1v) is 12.2. The quantitative estimate of drug-likeness (QED) is 0.161. The summed E-state index contributed by atoms with van der Waals surface area (Å²) in [5.74, 6) is 1.53. The molecule has 0 heterocycles. The van der Waals surface area contributed by atoms with Crippen LogP contribution < -0.4 is 0 Å². The van der Waals surface area contributed by atoms with Crippen molar-refractivity contribution in [1.29, 1.82) is 0 Å². The number of hydrogen-bond acceptors (Lipinski definition) is 3. The summed E-state index contributed by atoms with van der Waals surface area (Å²) in [4.78, 5) is 10.7. The van der Waals surface area contributed by atoms with Crippen LogP contribution in [0.3, 0.4) is 0 Å². The number of aliphatic hydroxyl groups excluding tert-OH is 1. The Hall–Kier alpha value is -1.09. The summed E-state index contributed by atoms with van der Waals surface area (Å²) < 4.78 is 4.96. The van der Waals surface area contributed by atoms with E-state index in [2.05, 4.69) is 38.2 Å². The maximum absolute atomic E-state index is 10.7. The minimum atomic E-state index is -0.201. The van der Waals surface area contributed by atoms with Gasteiger partial charge in [0, 0.05) is 6.92 Å². The molecule has 0 aromatic heterocycles. The van der Waals surface area contributed by atoms with Crippen LogP contribution >= 0.6 is 0 Å². The van der Waals surface area contributed by atoms with E-state index in [1.807, 2.05) is 0 Å². The van der Waals surface area contributed by atoms with E-state index in [-0.39, 0.29) is 12.1 Å². The Labute approximate surface area is 180 Å². The Morgan fingerprint density at radius 3 is 2.59 bits per heavy atom. The maximum atomic E-state index is 10.7. The molecule has 0 fully saturated rings. The van der Waals surface area contributed by atoms with Crippen LogP contribution in [-0.4, -0.2) is 23.8 Å². The Morgan fingerprint density at radius 1 is 1.14 bits per heavy atom. The Kier molecular flexibility index (Phi) is 14.9. The minimum absolute atomic E-state index is 0.172. The van der Waals surface area contributed by atoms with Crippen LogP contribution in [0.25, 0.3) is 0 Å². The van der Waals surface area contributed by atoms with E-state index in [0.717, 1.165) is 31.6 Å². The van der Waals surface area contributed by atoms with Crippen molar-refractivity contribution in [3.63, 3.8) is 0 Å². The first kappa shape index (κ1) is 25.9. The zero-order valence-corrected chi connectivity index (χ0v) is 19.3. The van der Waals surface area contributed by atoms with Crippen LogP contribution in [0.4, 0.5) is 0 Å². The monoisotopic (exact) mass is 406 g/mol. The summed E-state index contributed by atoms with van der Waals surface area (Å²) in [6.07, 6.45) is 24.5. The predicted molar refractivity (Wildman–Crippen MR) is 123 cm³/mol. The summed E-state index contributed by atoms with van der Waals surface area (Å²) in [5, 5.41) is 10.4. The molecular formula is C26H46O3. The Morgan fingerprint density at radius 2 is 1.86 bits per heavy atom. The van der Waals surface area contributed by atoms with Gasteiger partial charge in [-0.25, -0.2) is 0 Å². The summed E-state index contributed by atoms with van der Waals surface area (Å²) in [7, 11) is 0. The second-order valence-electron chi connectivity index (χ2n) is 8.96. The molecule has 0 amide bonds. The van der Waals surface area contributed by atoms with Crippen molar-refractivity contribution in [2.75, 3.05) is 6.61 Å². The molecule has 2 unspecified atom stereocenters. The van der Waals surface area contributed by atoms with Crippen LogP contribution in [0.5, 0.6) is 0 Å². The number of rotatable bonds is 17. The van der Waals surface area contributed by atoms with Gasteiger partial charge in [-0.05, 0) is 49.9 Å². The summed E-state index contributed by atoms with van der Waals surface area (Å²) >= 11 is 0. The van der Waals surface area contributed by atoms with Crippen LogP contribution in [0, 0.1) is 17.8 Å². The molecule has 1 aliphatic carbocycles. The molecule has 0 bridgehead atoms. The lowest BCUT2D eigenvalue weighted by molar-refractivity contribution is -0.141. The Bertz CT molecular complexity index is 469. The topological polar surface area (TPSA) is 46.5 Å². The van der Waals surface area contributed by atoms with Gasteiger partial charge in [0.1, 0.15) is 0 Å². The molecule has 3 nitrogen and oxygen atoms in total. The van der Waals surface area contributed by atoms with Crippen LogP contribution in [0.15, 0.2) is 24.3 Å². The van der Waals surface area contributed by atoms with Crippen molar-refractivity contribution in [2.45, 2.75) is 110 Å². The summed E-state index contributed by atoms with van der Waals surface area (Å²) in [6, 6.07) is 0. The Balaban J connectivity index is 2.11. The molecule has 1 aliphatic rings. The highest BCUT2D eigenvalue weighted by atomic mass is 16.5. The van der Waals surface area contributed by atoms with E-state index < -0.39 is 0 Å². The third-order valence-corrected chi connectivity index (χ3v) is 6.27. The fourth-order valence-corrected chi connectivity index (χ4v) is 4.20. The smallest absolute Gasteiger partial charge is 0.302 e. The molecule has 0 aromatic carbocycles.